The average Bonchev–Trinajstić information content (AvgIpc) is 2.41. The number of nitrogens with zero attached hydrogens (tertiary/aromatic N) is 1. The number of likely N-dealkylation sites (N-methyl/N-ethyl adjacent to an activating group) is 1. The summed E-state index contributed by atoms with van der Waals surface area (Å²) in [6, 6.07) is 6.22. The number of carbonyl (C=O) groups is 2. The number of aliphatic carboxylic acids is 1. The second-order valence-corrected chi connectivity index (χ2v) is 6.83. The van der Waals surface area contributed by atoms with Gasteiger partial charge in [-0.15, -0.1) is 11.8 Å². The molecule has 21 heavy (non-hydrogen) atoms. The van der Waals surface area contributed by atoms with Crippen molar-refractivity contribution in [1.82, 2.24) is 4.90 Å². The van der Waals surface area contributed by atoms with Crippen LogP contribution in [0.25, 0.3) is 0 Å². The van der Waals surface area contributed by atoms with Gasteiger partial charge in [0.2, 0.25) is 5.91 Å². The average molecular weight is 309 g/mol. The van der Waals surface area contributed by atoms with Crippen LogP contribution < -0.4 is 0 Å². The molecule has 1 amide bonds. The van der Waals surface area contributed by atoms with E-state index >= 15 is 0 Å². The van der Waals surface area contributed by atoms with E-state index in [1.165, 1.54) is 36.9 Å². The number of carboxylic acid groups (broad SMARTS) is 1. The number of carbonyl (C=O) groups excluding carboxylic acids is 1. The van der Waals surface area contributed by atoms with Gasteiger partial charge in [0.1, 0.15) is 5.54 Å². The molecule has 0 saturated heterocycles. The van der Waals surface area contributed by atoms with Crippen molar-refractivity contribution < 1.29 is 14.7 Å². The Labute approximate surface area is 130 Å². The molecular formula is C16H23NO3S. The van der Waals surface area contributed by atoms with Gasteiger partial charge >= 0.3 is 5.97 Å². The Kier molecular flexibility index (Phi) is 5.84. The standard InChI is InChI=1S/C16H23NO3S/c1-11-6-7-13(10-12(11)2)21-9-8-14(18)17(5)16(3,4)15(19)20/h6-7,10H,8-9H2,1-5H3,(H,19,20). The zero-order chi connectivity index (χ0) is 16.2. The van der Waals surface area contributed by atoms with Crippen LogP contribution in [0.2, 0.25) is 0 Å². The zero-order valence-electron chi connectivity index (χ0n) is 13.3. The van der Waals surface area contributed by atoms with Crippen molar-refractivity contribution >= 4 is 23.6 Å². The summed E-state index contributed by atoms with van der Waals surface area (Å²) in [6.07, 6.45) is 0.324. The summed E-state index contributed by atoms with van der Waals surface area (Å²) in [5.74, 6) is -0.514. The molecule has 0 aliphatic carbocycles. The summed E-state index contributed by atoms with van der Waals surface area (Å²) in [7, 11) is 1.54. The molecule has 0 aromatic heterocycles. The lowest BCUT2D eigenvalue weighted by Gasteiger charge is -2.31. The SMILES string of the molecule is Cc1ccc(SCCC(=O)N(C)C(C)(C)C(=O)O)cc1C. The molecule has 0 unspecified atom stereocenters. The van der Waals surface area contributed by atoms with Crippen molar-refractivity contribution in [2.24, 2.45) is 0 Å². The Morgan fingerprint density at radius 1 is 1.24 bits per heavy atom. The molecule has 0 spiro atoms. The van der Waals surface area contributed by atoms with E-state index in [4.69, 9.17) is 5.11 Å². The third-order valence-corrected chi connectivity index (χ3v) is 4.79. The normalized spacial score (nSPS) is 11.3. The highest BCUT2D eigenvalue weighted by molar-refractivity contribution is 7.99. The third kappa shape index (κ3) is 4.49. The monoisotopic (exact) mass is 309 g/mol. The van der Waals surface area contributed by atoms with Crippen molar-refractivity contribution in [3.05, 3.63) is 29.3 Å². The van der Waals surface area contributed by atoms with E-state index in [-0.39, 0.29) is 5.91 Å². The molecule has 0 atom stereocenters. The Balaban J connectivity index is 2.54. The Morgan fingerprint density at radius 3 is 2.38 bits per heavy atom. The second-order valence-electron chi connectivity index (χ2n) is 5.66. The first kappa shape index (κ1) is 17.6. The van der Waals surface area contributed by atoms with E-state index in [1.807, 2.05) is 6.07 Å². The van der Waals surface area contributed by atoms with E-state index in [9.17, 15) is 9.59 Å². The van der Waals surface area contributed by atoms with Crippen LogP contribution in [0.4, 0.5) is 0 Å². The van der Waals surface area contributed by atoms with Gasteiger partial charge in [0.25, 0.3) is 0 Å². The Hall–Kier alpha value is -1.49. The lowest BCUT2D eigenvalue weighted by atomic mass is 10.0. The smallest absolute Gasteiger partial charge is 0.329 e. The number of aryl methyl sites for hydroxylation is 2. The van der Waals surface area contributed by atoms with Crippen molar-refractivity contribution in [3.63, 3.8) is 0 Å². The number of hydrogen-bond acceptors (Lipinski definition) is 3. The van der Waals surface area contributed by atoms with Gasteiger partial charge in [-0.25, -0.2) is 4.79 Å². The second kappa shape index (κ2) is 6.98. The highest BCUT2D eigenvalue weighted by atomic mass is 32.2. The van der Waals surface area contributed by atoms with Crippen molar-refractivity contribution in [2.75, 3.05) is 12.8 Å². The van der Waals surface area contributed by atoms with Crippen LogP contribution in [-0.4, -0.2) is 40.2 Å². The molecule has 5 heteroatoms. The summed E-state index contributed by atoms with van der Waals surface area (Å²) < 4.78 is 0. The number of amides is 1. The predicted octanol–water partition coefficient (Wildman–Crippen LogP) is 3.11. The van der Waals surface area contributed by atoms with Crippen LogP contribution in [0.15, 0.2) is 23.1 Å². The van der Waals surface area contributed by atoms with E-state index in [0.29, 0.717) is 12.2 Å². The molecule has 0 fully saturated rings. The number of benzene rings is 1. The van der Waals surface area contributed by atoms with Gasteiger partial charge in [0.15, 0.2) is 0 Å². The number of carboxylic acids is 1. The maximum atomic E-state index is 12.1. The van der Waals surface area contributed by atoms with Gasteiger partial charge < -0.3 is 10.0 Å². The largest absolute Gasteiger partial charge is 0.480 e. The van der Waals surface area contributed by atoms with Crippen molar-refractivity contribution in [1.29, 1.82) is 0 Å². The first-order valence-corrected chi connectivity index (χ1v) is 7.85. The maximum Gasteiger partial charge on any atom is 0.329 e. The summed E-state index contributed by atoms with van der Waals surface area (Å²) in [6.45, 7) is 7.19. The minimum absolute atomic E-state index is 0.154. The molecule has 0 bridgehead atoms. The fourth-order valence-corrected chi connectivity index (χ4v) is 2.62. The van der Waals surface area contributed by atoms with Crippen LogP contribution in [0.1, 0.15) is 31.4 Å². The quantitative estimate of drug-likeness (QED) is 0.820. The van der Waals surface area contributed by atoms with Gasteiger partial charge in [-0.3, -0.25) is 4.79 Å². The highest BCUT2D eigenvalue weighted by Crippen LogP contribution is 2.22. The summed E-state index contributed by atoms with van der Waals surface area (Å²) in [4.78, 5) is 25.6. The van der Waals surface area contributed by atoms with Gasteiger partial charge in [0, 0.05) is 24.1 Å². The topological polar surface area (TPSA) is 57.6 Å². The molecule has 116 valence electrons. The zero-order valence-corrected chi connectivity index (χ0v) is 14.1. The first-order chi connectivity index (χ1) is 9.66. The summed E-state index contributed by atoms with van der Waals surface area (Å²) in [5.41, 5.74) is 1.30. The van der Waals surface area contributed by atoms with Crippen molar-refractivity contribution in [3.8, 4) is 0 Å². The van der Waals surface area contributed by atoms with Crippen LogP contribution >= 0.6 is 11.8 Å². The lowest BCUT2D eigenvalue weighted by Crippen LogP contribution is -2.50. The summed E-state index contributed by atoms with van der Waals surface area (Å²) in [5, 5.41) is 9.12. The first-order valence-electron chi connectivity index (χ1n) is 6.86. The van der Waals surface area contributed by atoms with E-state index in [2.05, 4.69) is 26.0 Å². The molecule has 1 aromatic rings. The van der Waals surface area contributed by atoms with Gasteiger partial charge in [-0.2, -0.15) is 0 Å². The highest BCUT2D eigenvalue weighted by Gasteiger charge is 2.34. The molecule has 0 aliphatic rings. The lowest BCUT2D eigenvalue weighted by molar-refractivity contribution is -0.155. The molecule has 0 saturated carbocycles. The molecule has 1 rings (SSSR count). The molecule has 4 nitrogen and oxygen atoms in total. The third-order valence-electron chi connectivity index (χ3n) is 3.80. The number of rotatable bonds is 6. The van der Waals surface area contributed by atoms with E-state index in [1.54, 1.807) is 11.8 Å². The van der Waals surface area contributed by atoms with E-state index < -0.39 is 11.5 Å². The van der Waals surface area contributed by atoms with Crippen LogP contribution in [-0.2, 0) is 9.59 Å². The molecule has 0 aliphatic heterocycles. The number of thioether (sulfide) groups is 1. The fourth-order valence-electron chi connectivity index (χ4n) is 1.68. The molecule has 0 radical (unpaired) electrons. The molecular weight excluding hydrogens is 286 g/mol. The summed E-state index contributed by atoms with van der Waals surface area (Å²) >= 11 is 1.61. The van der Waals surface area contributed by atoms with E-state index in [0.717, 1.165) is 4.90 Å². The molecule has 1 N–H and O–H groups in total. The minimum atomic E-state index is -1.18. The van der Waals surface area contributed by atoms with Gasteiger partial charge in [-0.05, 0) is 51.0 Å². The van der Waals surface area contributed by atoms with Crippen LogP contribution in [0.3, 0.4) is 0 Å². The van der Waals surface area contributed by atoms with Crippen molar-refractivity contribution in [2.45, 2.75) is 44.6 Å². The Bertz CT molecular complexity index is 540. The van der Waals surface area contributed by atoms with Gasteiger partial charge in [0.05, 0.1) is 0 Å². The van der Waals surface area contributed by atoms with Crippen LogP contribution in [0.5, 0.6) is 0 Å². The van der Waals surface area contributed by atoms with Gasteiger partial charge in [-0.1, -0.05) is 6.07 Å². The van der Waals surface area contributed by atoms with Crippen LogP contribution in [0, 0.1) is 13.8 Å². The molecule has 0 heterocycles. The predicted molar refractivity (Wildman–Crippen MR) is 85.7 cm³/mol. The minimum Gasteiger partial charge on any atom is -0.480 e. The number of hydrogen-bond donors (Lipinski definition) is 1. The maximum absolute atomic E-state index is 12.1. The fraction of sp³-hybridized carbons (Fsp3) is 0.500. The molecule has 1 aromatic carbocycles. The Morgan fingerprint density at radius 2 is 1.86 bits per heavy atom.